The fourth-order valence-electron chi connectivity index (χ4n) is 3.06. The molecule has 7 nitrogen and oxygen atoms in total. The Bertz CT molecular complexity index is 1090. The minimum atomic E-state index is 0.489. The first kappa shape index (κ1) is 18.6. The molecule has 29 heavy (non-hydrogen) atoms. The van der Waals surface area contributed by atoms with Gasteiger partial charge in [0, 0.05) is 36.0 Å². The van der Waals surface area contributed by atoms with Crippen LogP contribution in [0.2, 0.25) is 0 Å². The largest absolute Gasteiger partial charge is 0.341 e. The van der Waals surface area contributed by atoms with E-state index in [1.807, 2.05) is 60.7 Å². The van der Waals surface area contributed by atoms with Crippen LogP contribution in [0.15, 0.2) is 66.9 Å². The van der Waals surface area contributed by atoms with Gasteiger partial charge in [0.05, 0.1) is 5.52 Å². The topological polar surface area (TPSA) is 78.9 Å². The average Bonchev–Trinajstić information content (AvgIpc) is 2.75. The van der Waals surface area contributed by atoms with Gasteiger partial charge in [0.2, 0.25) is 17.8 Å². The number of hydrogen-bond acceptors (Lipinski definition) is 7. The molecule has 0 saturated carbocycles. The normalized spacial score (nSPS) is 10.7. The summed E-state index contributed by atoms with van der Waals surface area (Å²) in [7, 11) is 0. The van der Waals surface area contributed by atoms with E-state index in [1.54, 1.807) is 6.20 Å². The van der Waals surface area contributed by atoms with Crippen molar-refractivity contribution in [1.29, 1.82) is 0 Å². The second kappa shape index (κ2) is 8.52. The molecule has 0 bridgehead atoms. The van der Waals surface area contributed by atoms with Crippen LogP contribution in [-0.4, -0.2) is 33.0 Å². The molecule has 0 amide bonds. The van der Waals surface area contributed by atoms with Crippen LogP contribution >= 0.6 is 0 Å². The number of fused-ring (bicyclic) bond motifs is 1. The molecule has 4 aromatic rings. The van der Waals surface area contributed by atoms with Gasteiger partial charge < -0.3 is 15.5 Å². The number of para-hydroxylation sites is 1. The SMILES string of the molecule is CCN(CC)c1nc(Nc2ccccc2)nc(Nc2ccc3ncccc3c2)n1. The number of benzene rings is 2. The zero-order chi connectivity index (χ0) is 20.1. The zero-order valence-electron chi connectivity index (χ0n) is 16.5. The summed E-state index contributed by atoms with van der Waals surface area (Å²) in [6.45, 7) is 5.79. The number of nitrogens with one attached hydrogen (secondary N) is 2. The van der Waals surface area contributed by atoms with Crippen molar-refractivity contribution in [3.05, 3.63) is 66.9 Å². The number of nitrogens with zero attached hydrogens (tertiary/aromatic N) is 5. The highest BCUT2D eigenvalue weighted by atomic mass is 15.3. The molecule has 7 heteroatoms. The maximum Gasteiger partial charge on any atom is 0.233 e. The number of aromatic nitrogens is 4. The highest BCUT2D eigenvalue weighted by Gasteiger charge is 2.12. The molecule has 0 radical (unpaired) electrons. The quantitative estimate of drug-likeness (QED) is 0.475. The van der Waals surface area contributed by atoms with Crippen molar-refractivity contribution >= 4 is 40.1 Å². The first-order valence-corrected chi connectivity index (χ1v) is 9.70. The third kappa shape index (κ3) is 4.40. The summed E-state index contributed by atoms with van der Waals surface area (Å²) in [5.74, 6) is 1.62. The average molecular weight is 385 g/mol. The van der Waals surface area contributed by atoms with Gasteiger partial charge in [-0.2, -0.15) is 15.0 Å². The smallest absolute Gasteiger partial charge is 0.233 e. The lowest BCUT2D eigenvalue weighted by Crippen LogP contribution is -2.25. The Morgan fingerprint density at radius 2 is 1.48 bits per heavy atom. The van der Waals surface area contributed by atoms with Crippen LogP contribution < -0.4 is 15.5 Å². The van der Waals surface area contributed by atoms with Crippen molar-refractivity contribution in [2.45, 2.75) is 13.8 Å². The number of hydrogen-bond donors (Lipinski definition) is 2. The highest BCUT2D eigenvalue weighted by molar-refractivity contribution is 5.82. The standard InChI is InChI=1S/C22H23N7/c1-3-29(4-2)22-27-20(24-17-10-6-5-7-11-17)26-21(28-22)25-18-12-13-19-16(15-18)9-8-14-23-19/h5-15H,3-4H2,1-2H3,(H2,24,25,26,27,28). The molecule has 2 N–H and O–H groups in total. The fraction of sp³-hybridized carbons (Fsp3) is 0.182. The van der Waals surface area contributed by atoms with Crippen LogP contribution in [0.1, 0.15) is 13.8 Å². The Morgan fingerprint density at radius 3 is 2.21 bits per heavy atom. The molecule has 0 aliphatic heterocycles. The summed E-state index contributed by atoms with van der Waals surface area (Å²) in [4.78, 5) is 20.3. The van der Waals surface area contributed by atoms with E-state index in [9.17, 15) is 0 Å². The summed E-state index contributed by atoms with van der Waals surface area (Å²) < 4.78 is 0. The predicted molar refractivity (Wildman–Crippen MR) is 118 cm³/mol. The number of anilines is 5. The lowest BCUT2D eigenvalue weighted by atomic mass is 10.2. The van der Waals surface area contributed by atoms with Gasteiger partial charge in [0.15, 0.2) is 0 Å². The van der Waals surface area contributed by atoms with E-state index in [4.69, 9.17) is 0 Å². The van der Waals surface area contributed by atoms with Gasteiger partial charge in [-0.15, -0.1) is 0 Å². The first-order chi connectivity index (χ1) is 14.2. The summed E-state index contributed by atoms with van der Waals surface area (Å²) in [6.07, 6.45) is 1.79. The fourth-order valence-corrected chi connectivity index (χ4v) is 3.06. The monoisotopic (exact) mass is 385 g/mol. The molecule has 0 fully saturated rings. The molecule has 0 aliphatic rings. The third-order valence-electron chi connectivity index (χ3n) is 4.56. The number of rotatable bonds is 7. The molecular formula is C22H23N7. The maximum absolute atomic E-state index is 4.63. The molecule has 0 spiro atoms. The van der Waals surface area contributed by atoms with Crippen LogP contribution in [0.5, 0.6) is 0 Å². The van der Waals surface area contributed by atoms with Gasteiger partial charge >= 0.3 is 0 Å². The van der Waals surface area contributed by atoms with E-state index in [0.29, 0.717) is 17.8 Å². The lowest BCUT2D eigenvalue weighted by molar-refractivity contribution is 0.816. The van der Waals surface area contributed by atoms with E-state index < -0.39 is 0 Å². The van der Waals surface area contributed by atoms with Crippen LogP contribution in [0.4, 0.5) is 29.2 Å². The predicted octanol–water partition coefficient (Wildman–Crippen LogP) is 4.75. The maximum atomic E-state index is 4.63. The Hall–Kier alpha value is -3.74. The van der Waals surface area contributed by atoms with E-state index >= 15 is 0 Å². The van der Waals surface area contributed by atoms with Gasteiger partial charge in [-0.25, -0.2) is 0 Å². The van der Waals surface area contributed by atoms with Gasteiger partial charge in [-0.1, -0.05) is 24.3 Å². The minimum absolute atomic E-state index is 0.489. The van der Waals surface area contributed by atoms with Crippen molar-refractivity contribution in [3.63, 3.8) is 0 Å². The van der Waals surface area contributed by atoms with E-state index in [2.05, 4.69) is 49.3 Å². The van der Waals surface area contributed by atoms with Crippen molar-refractivity contribution in [1.82, 2.24) is 19.9 Å². The Kier molecular flexibility index (Phi) is 5.47. The first-order valence-electron chi connectivity index (χ1n) is 9.70. The Morgan fingerprint density at radius 1 is 0.759 bits per heavy atom. The van der Waals surface area contributed by atoms with Crippen molar-refractivity contribution < 1.29 is 0 Å². The van der Waals surface area contributed by atoms with Crippen molar-refractivity contribution in [3.8, 4) is 0 Å². The van der Waals surface area contributed by atoms with Gasteiger partial charge in [0.25, 0.3) is 0 Å². The second-order valence-corrected chi connectivity index (χ2v) is 6.48. The molecular weight excluding hydrogens is 362 g/mol. The molecule has 2 aromatic heterocycles. The lowest BCUT2D eigenvalue weighted by Gasteiger charge is -2.20. The van der Waals surface area contributed by atoms with Crippen LogP contribution in [0.25, 0.3) is 10.9 Å². The molecule has 0 unspecified atom stereocenters. The van der Waals surface area contributed by atoms with Crippen LogP contribution in [0.3, 0.4) is 0 Å². The molecule has 4 rings (SSSR count). The molecule has 0 aliphatic carbocycles. The summed E-state index contributed by atoms with van der Waals surface area (Å²) >= 11 is 0. The zero-order valence-corrected chi connectivity index (χ0v) is 16.5. The van der Waals surface area contributed by atoms with E-state index in [0.717, 1.165) is 35.4 Å². The summed E-state index contributed by atoms with van der Waals surface area (Å²) in [5.41, 5.74) is 2.77. The summed E-state index contributed by atoms with van der Waals surface area (Å²) in [6, 6.07) is 19.8. The molecule has 2 aromatic carbocycles. The van der Waals surface area contributed by atoms with E-state index in [-0.39, 0.29) is 0 Å². The second-order valence-electron chi connectivity index (χ2n) is 6.48. The molecule has 2 heterocycles. The molecule has 146 valence electrons. The van der Waals surface area contributed by atoms with Crippen LogP contribution in [-0.2, 0) is 0 Å². The molecule has 0 saturated heterocycles. The van der Waals surface area contributed by atoms with Gasteiger partial charge in [-0.3, -0.25) is 4.98 Å². The van der Waals surface area contributed by atoms with Gasteiger partial charge in [-0.05, 0) is 50.2 Å². The highest BCUT2D eigenvalue weighted by Crippen LogP contribution is 2.22. The van der Waals surface area contributed by atoms with E-state index in [1.165, 1.54) is 0 Å². The van der Waals surface area contributed by atoms with Crippen molar-refractivity contribution in [2.24, 2.45) is 0 Å². The Labute approximate surface area is 169 Å². The Balaban J connectivity index is 1.68. The third-order valence-corrected chi connectivity index (χ3v) is 4.56. The van der Waals surface area contributed by atoms with Crippen LogP contribution in [0, 0.1) is 0 Å². The van der Waals surface area contributed by atoms with Crippen molar-refractivity contribution in [2.75, 3.05) is 28.6 Å². The van der Waals surface area contributed by atoms with Gasteiger partial charge in [0.1, 0.15) is 0 Å². The summed E-state index contributed by atoms with van der Waals surface area (Å²) in [5, 5.41) is 7.63. The molecule has 0 atom stereocenters. The number of pyridine rings is 1. The minimum Gasteiger partial charge on any atom is -0.341 e.